The Balaban J connectivity index is 2.00. The van der Waals surface area contributed by atoms with Crippen LogP contribution in [0.25, 0.3) is 10.9 Å². The third kappa shape index (κ3) is 2.97. The van der Waals surface area contributed by atoms with Crippen molar-refractivity contribution < 1.29 is 8.42 Å². The van der Waals surface area contributed by atoms with Crippen LogP contribution in [0.1, 0.15) is 0 Å². The van der Waals surface area contributed by atoms with Crippen molar-refractivity contribution in [1.29, 1.82) is 0 Å². The quantitative estimate of drug-likeness (QED) is 0.661. The number of hydrogen-bond donors (Lipinski definition) is 2. The zero-order chi connectivity index (χ0) is 15.0. The Bertz CT molecular complexity index is 922. The number of nitrogens with zero attached hydrogens (tertiary/aromatic N) is 1. The lowest BCUT2D eigenvalue weighted by Gasteiger charge is -2.10. The van der Waals surface area contributed by atoms with Gasteiger partial charge in [0, 0.05) is 14.3 Å². The number of aromatic nitrogens is 2. The predicted molar refractivity (Wildman–Crippen MR) is 88.7 cm³/mol. The van der Waals surface area contributed by atoms with Crippen molar-refractivity contribution in [2.24, 2.45) is 0 Å². The van der Waals surface area contributed by atoms with Gasteiger partial charge in [0.25, 0.3) is 10.0 Å². The highest BCUT2D eigenvalue weighted by Gasteiger charge is 2.18. The third-order valence-electron chi connectivity index (χ3n) is 2.88. The standard InChI is InChI=1S/C13H9Br2N3O2S/c14-9-2-4-11(15)13(5-9)21(19,20)18-10-3-1-8-7-16-17-12(8)6-10/h1-7,18H,(H,16,17). The van der Waals surface area contributed by atoms with E-state index in [1.165, 1.54) is 0 Å². The molecule has 3 rings (SSSR count). The maximum absolute atomic E-state index is 12.5. The van der Waals surface area contributed by atoms with Crippen LogP contribution < -0.4 is 4.72 Å². The van der Waals surface area contributed by atoms with Crippen molar-refractivity contribution >= 4 is 58.5 Å². The average Bonchev–Trinajstić information content (AvgIpc) is 2.88. The SMILES string of the molecule is O=S(=O)(Nc1ccc2cn[nH]c2c1)c1cc(Br)ccc1Br. The van der Waals surface area contributed by atoms with Crippen LogP contribution >= 0.6 is 31.9 Å². The number of anilines is 1. The van der Waals surface area contributed by atoms with Gasteiger partial charge in [-0.1, -0.05) is 15.9 Å². The normalized spacial score (nSPS) is 11.7. The van der Waals surface area contributed by atoms with E-state index in [0.717, 1.165) is 10.9 Å². The molecule has 21 heavy (non-hydrogen) atoms. The molecular formula is C13H9Br2N3O2S. The van der Waals surface area contributed by atoms with E-state index >= 15 is 0 Å². The summed E-state index contributed by atoms with van der Waals surface area (Å²) in [6, 6.07) is 10.2. The van der Waals surface area contributed by atoms with Crippen LogP contribution in [0.4, 0.5) is 5.69 Å². The summed E-state index contributed by atoms with van der Waals surface area (Å²) in [6.07, 6.45) is 1.68. The number of nitrogens with one attached hydrogen (secondary N) is 2. The molecule has 108 valence electrons. The van der Waals surface area contributed by atoms with Crippen LogP contribution in [-0.2, 0) is 10.0 Å². The van der Waals surface area contributed by atoms with Gasteiger partial charge in [0.1, 0.15) is 4.90 Å². The Labute approximate surface area is 138 Å². The Morgan fingerprint density at radius 3 is 2.71 bits per heavy atom. The van der Waals surface area contributed by atoms with E-state index < -0.39 is 10.0 Å². The lowest BCUT2D eigenvalue weighted by Crippen LogP contribution is -2.13. The lowest BCUT2D eigenvalue weighted by molar-refractivity contribution is 0.600. The first-order chi connectivity index (χ1) is 9.95. The molecular weight excluding hydrogens is 422 g/mol. The zero-order valence-corrected chi connectivity index (χ0v) is 14.5. The number of fused-ring (bicyclic) bond motifs is 1. The summed E-state index contributed by atoms with van der Waals surface area (Å²) < 4.78 is 28.7. The second-order valence-electron chi connectivity index (χ2n) is 4.35. The average molecular weight is 431 g/mol. The second kappa shape index (κ2) is 5.43. The van der Waals surface area contributed by atoms with Crippen molar-refractivity contribution in [3.05, 3.63) is 51.5 Å². The minimum atomic E-state index is -3.68. The number of sulfonamides is 1. The van der Waals surface area contributed by atoms with Crippen LogP contribution in [0.3, 0.4) is 0 Å². The Morgan fingerprint density at radius 2 is 1.90 bits per heavy atom. The van der Waals surface area contributed by atoms with E-state index in [1.807, 2.05) is 0 Å². The summed E-state index contributed by atoms with van der Waals surface area (Å²) in [4.78, 5) is 0.168. The largest absolute Gasteiger partial charge is 0.280 e. The predicted octanol–water partition coefficient (Wildman–Crippen LogP) is 3.89. The number of hydrogen-bond acceptors (Lipinski definition) is 3. The molecule has 0 spiro atoms. The summed E-state index contributed by atoms with van der Waals surface area (Å²) in [6.45, 7) is 0. The molecule has 0 aliphatic carbocycles. The van der Waals surface area contributed by atoms with E-state index in [0.29, 0.717) is 14.6 Å². The van der Waals surface area contributed by atoms with Gasteiger partial charge in [-0.05, 0) is 52.3 Å². The second-order valence-corrected chi connectivity index (χ2v) is 7.77. The molecule has 0 atom stereocenters. The van der Waals surface area contributed by atoms with Crippen molar-refractivity contribution in [2.45, 2.75) is 4.90 Å². The van der Waals surface area contributed by atoms with E-state index in [2.05, 4.69) is 46.8 Å². The summed E-state index contributed by atoms with van der Waals surface area (Å²) in [7, 11) is -3.68. The first-order valence-electron chi connectivity index (χ1n) is 5.87. The highest BCUT2D eigenvalue weighted by atomic mass is 79.9. The topological polar surface area (TPSA) is 74.8 Å². The van der Waals surface area contributed by atoms with Crippen LogP contribution in [0.15, 0.2) is 56.4 Å². The molecule has 0 radical (unpaired) electrons. The molecule has 0 fully saturated rings. The molecule has 0 saturated carbocycles. The van der Waals surface area contributed by atoms with E-state index in [-0.39, 0.29) is 4.90 Å². The summed E-state index contributed by atoms with van der Waals surface area (Å²) in [5.41, 5.74) is 1.24. The molecule has 1 aromatic heterocycles. The fourth-order valence-corrected chi connectivity index (χ4v) is 4.45. The molecule has 0 aliphatic heterocycles. The van der Waals surface area contributed by atoms with E-state index in [9.17, 15) is 8.42 Å². The fraction of sp³-hybridized carbons (Fsp3) is 0. The maximum atomic E-state index is 12.5. The molecule has 3 aromatic rings. The van der Waals surface area contributed by atoms with Gasteiger partial charge in [0.05, 0.1) is 17.4 Å². The van der Waals surface area contributed by atoms with Crippen molar-refractivity contribution in [2.75, 3.05) is 4.72 Å². The summed E-state index contributed by atoms with van der Waals surface area (Å²) in [5.74, 6) is 0. The van der Waals surface area contributed by atoms with Gasteiger partial charge in [0.15, 0.2) is 0 Å². The van der Waals surface area contributed by atoms with Crippen molar-refractivity contribution in [3.8, 4) is 0 Å². The number of halogens is 2. The lowest BCUT2D eigenvalue weighted by atomic mass is 10.2. The Kier molecular flexibility index (Phi) is 3.76. The van der Waals surface area contributed by atoms with Crippen LogP contribution in [0, 0.1) is 0 Å². The van der Waals surface area contributed by atoms with Gasteiger partial charge >= 0.3 is 0 Å². The minimum absolute atomic E-state index is 0.168. The maximum Gasteiger partial charge on any atom is 0.263 e. The first-order valence-corrected chi connectivity index (χ1v) is 8.94. The molecule has 8 heteroatoms. The number of H-pyrrole nitrogens is 1. The molecule has 0 bridgehead atoms. The summed E-state index contributed by atoms with van der Waals surface area (Å²) in [5, 5.41) is 7.63. The molecule has 2 aromatic carbocycles. The van der Waals surface area contributed by atoms with Gasteiger partial charge in [-0.2, -0.15) is 5.10 Å². The number of rotatable bonds is 3. The fourth-order valence-electron chi connectivity index (χ4n) is 1.89. The molecule has 1 heterocycles. The third-order valence-corrected chi connectivity index (χ3v) is 5.75. The Hall–Kier alpha value is -1.38. The zero-order valence-electron chi connectivity index (χ0n) is 10.5. The smallest absolute Gasteiger partial charge is 0.263 e. The molecule has 5 nitrogen and oxygen atoms in total. The van der Waals surface area contributed by atoms with Gasteiger partial charge in [0.2, 0.25) is 0 Å². The number of aromatic amines is 1. The van der Waals surface area contributed by atoms with Gasteiger partial charge in [-0.25, -0.2) is 8.42 Å². The van der Waals surface area contributed by atoms with Gasteiger partial charge < -0.3 is 0 Å². The van der Waals surface area contributed by atoms with Gasteiger partial charge in [-0.15, -0.1) is 0 Å². The monoisotopic (exact) mass is 429 g/mol. The van der Waals surface area contributed by atoms with Crippen LogP contribution in [-0.4, -0.2) is 18.6 Å². The van der Waals surface area contributed by atoms with Crippen molar-refractivity contribution in [1.82, 2.24) is 10.2 Å². The summed E-state index contributed by atoms with van der Waals surface area (Å²) >= 11 is 6.53. The van der Waals surface area contributed by atoms with E-state index in [4.69, 9.17) is 0 Å². The molecule has 0 aliphatic rings. The highest BCUT2D eigenvalue weighted by molar-refractivity contribution is 9.11. The van der Waals surface area contributed by atoms with Gasteiger partial charge in [-0.3, -0.25) is 9.82 Å². The minimum Gasteiger partial charge on any atom is -0.280 e. The number of benzene rings is 2. The highest BCUT2D eigenvalue weighted by Crippen LogP contribution is 2.28. The van der Waals surface area contributed by atoms with Crippen LogP contribution in [0.2, 0.25) is 0 Å². The molecule has 0 amide bonds. The van der Waals surface area contributed by atoms with E-state index in [1.54, 1.807) is 42.6 Å². The molecule has 2 N–H and O–H groups in total. The first kappa shape index (κ1) is 14.6. The molecule has 0 unspecified atom stereocenters. The molecule has 0 saturated heterocycles. The Morgan fingerprint density at radius 1 is 1.10 bits per heavy atom. The van der Waals surface area contributed by atoms with Crippen LogP contribution in [0.5, 0.6) is 0 Å². The van der Waals surface area contributed by atoms with Crippen molar-refractivity contribution in [3.63, 3.8) is 0 Å².